The van der Waals surface area contributed by atoms with Crippen LogP contribution in [0.5, 0.6) is 0 Å². The normalized spacial score (nSPS) is 28.6. The lowest BCUT2D eigenvalue weighted by molar-refractivity contribution is -0.117. The number of carbonyl (C=O) groups excluding carboxylic acids is 2. The van der Waals surface area contributed by atoms with Gasteiger partial charge in [-0.3, -0.25) is 4.79 Å². The smallest absolute Gasteiger partial charge is 0.410 e. The molecule has 4 nitrogen and oxygen atoms in total. The number of rotatable bonds is 3. The van der Waals surface area contributed by atoms with E-state index in [0.717, 1.165) is 12.8 Å². The van der Waals surface area contributed by atoms with Gasteiger partial charge in [-0.2, -0.15) is 0 Å². The van der Waals surface area contributed by atoms with Gasteiger partial charge in [0.25, 0.3) is 0 Å². The van der Waals surface area contributed by atoms with Crippen LogP contribution in [-0.4, -0.2) is 36.0 Å². The third-order valence-corrected chi connectivity index (χ3v) is 3.26. The highest BCUT2D eigenvalue weighted by Gasteiger charge is 2.48. The van der Waals surface area contributed by atoms with E-state index in [0.29, 0.717) is 31.9 Å². The molecule has 0 radical (unpaired) electrons. The first-order valence-corrected chi connectivity index (χ1v) is 5.67. The first kappa shape index (κ1) is 10.5. The molecule has 0 N–H and O–H groups in total. The van der Waals surface area contributed by atoms with Crippen LogP contribution < -0.4 is 0 Å². The number of hydrogen-bond donors (Lipinski definition) is 0. The highest BCUT2D eigenvalue weighted by Crippen LogP contribution is 2.37. The van der Waals surface area contributed by atoms with Crippen molar-refractivity contribution in [3.8, 4) is 0 Å². The van der Waals surface area contributed by atoms with Gasteiger partial charge in [0, 0.05) is 31.3 Å². The van der Waals surface area contributed by atoms with Crippen molar-refractivity contribution >= 4 is 11.9 Å². The van der Waals surface area contributed by atoms with E-state index in [4.69, 9.17) is 4.74 Å². The third-order valence-electron chi connectivity index (χ3n) is 3.26. The molecule has 0 aromatic carbocycles. The molecule has 1 saturated carbocycles. The van der Waals surface area contributed by atoms with Crippen LogP contribution in [0, 0.1) is 5.92 Å². The number of ketones is 1. The van der Waals surface area contributed by atoms with Gasteiger partial charge in [0.2, 0.25) is 0 Å². The Bertz CT molecular complexity index is 277. The summed E-state index contributed by atoms with van der Waals surface area (Å²) in [5.41, 5.74) is 0. The van der Waals surface area contributed by atoms with Crippen LogP contribution in [0.4, 0.5) is 4.79 Å². The molecule has 0 bridgehead atoms. The molecule has 2 rings (SSSR count). The van der Waals surface area contributed by atoms with Gasteiger partial charge in [-0.25, -0.2) is 4.79 Å². The maximum atomic E-state index is 11.5. The van der Waals surface area contributed by atoms with E-state index in [1.807, 2.05) is 0 Å². The molecule has 1 heterocycles. The van der Waals surface area contributed by atoms with Crippen LogP contribution in [0.25, 0.3) is 0 Å². The van der Waals surface area contributed by atoms with Gasteiger partial charge < -0.3 is 9.64 Å². The van der Waals surface area contributed by atoms with E-state index in [2.05, 4.69) is 6.92 Å². The first-order chi connectivity index (χ1) is 7.22. The summed E-state index contributed by atoms with van der Waals surface area (Å²) in [5.74, 6) is 0.699. The number of unbranched alkanes of at least 4 members (excludes halogenated alkanes) is 1. The molecule has 1 amide bonds. The van der Waals surface area contributed by atoms with Crippen molar-refractivity contribution in [2.24, 2.45) is 5.92 Å². The molecule has 1 aliphatic heterocycles. The largest absolute Gasteiger partial charge is 0.449 e. The summed E-state index contributed by atoms with van der Waals surface area (Å²) in [6.07, 6.45) is 2.89. The Balaban J connectivity index is 1.76. The molecular formula is C11H17NO3. The van der Waals surface area contributed by atoms with Gasteiger partial charge in [-0.1, -0.05) is 13.3 Å². The summed E-state index contributed by atoms with van der Waals surface area (Å²) in [4.78, 5) is 24.4. The molecule has 0 spiro atoms. The average Bonchev–Trinajstić information content (AvgIpc) is 2.46. The van der Waals surface area contributed by atoms with Gasteiger partial charge in [0.1, 0.15) is 5.78 Å². The summed E-state index contributed by atoms with van der Waals surface area (Å²) in [7, 11) is 0. The van der Waals surface area contributed by atoms with E-state index < -0.39 is 0 Å². The van der Waals surface area contributed by atoms with Crippen molar-refractivity contribution in [3.05, 3.63) is 0 Å². The zero-order chi connectivity index (χ0) is 10.8. The lowest BCUT2D eigenvalue weighted by Gasteiger charge is -2.42. The Labute approximate surface area is 89.6 Å². The van der Waals surface area contributed by atoms with Crippen LogP contribution in [0.2, 0.25) is 0 Å². The maximum absolute atomic E-state index is 11.5. The topological polar surface area (TPSA) is 46.6 Å². The predicted molar refractivity (Wildman–Crippen MR) is 54.5 cm³/mol. The number of carbonyl (C=O) groups is 2. The Morgan fingerprint density at radius 1 is 1.53 bits per heavy atom. The van der Waals surface area contributed by atoms with Crippen LogP contribution in [0.1, 0.15) is 32.6 Å². The summed E-state index contributed by atoms with van der Waals surface area (Å²) < 4.78 is 5.11. The quantitative estimate of drug-likeness (QED) is 0.666. The molecule has 2 atom stereocenters. The summed E-state index contributed by atoms with van der Waals surface area (Å²) in [6.45, 7) is 3.27. The monoisotopic (exact) mass is 211 g/mol. The van der Waals surface area contributed by atoms with Gasteiger partial charge in [0.05, 0.1) is 6.61 Å². The molecular weight excluding hydrogens is 194 g/mol. The van der Waals surface area contributed by atoms with Crippen molar-refractivity contribution in [1.29, 1.82) is 0 Å². The SMILES string of the molecule is CCCCOC(=O)N1C[C@H]2CC(=O)C[C@H]21. The molecule has 84 valence electrons. The lowest BCUT2D eigenvalue weighted by atomic mass is 9.93. The number of fused-ring (bicyclic) bond motifs is 1. The number of Topliss-reactive ketones (excluding diaryl/α,β-unsaturated/α-hetero) is 1. The number of nitrogens with zero attached hydrogens (tertiary/aromatic N) is 1. The van der Waals surface area contributed by atoms with E-state index in [-0.39, 0.29) is 17.9 Å². The van der Waals surface area contributed by atoms with Gasteiger partial charge in [-0.15, -0.1) is 0 Å². The zero-order valence-electron chi connectivity index (χ0n) is 9.07. The van der Waals surface area contributed by atoms with Crippen LogP contribution in [0.3, 0.4) is 0 Å². The minimum atomic E-state index is -0.237. The fraction of sp³-hybridized carbons (Fsp3) is 0.818. The van der Waals surface area contributed by atoms with Crippen molar-refractivity contribution in [3.63, 3.8) is 0 Å². The maximum Gasteiger partial charge on any atom is 0.410 e. The molecule has 0 aromatic heterocycles. The highest BCUT2D eigenvalue weighted by molar-refractivity contribution is 5.84. The summed E-state index contributed by atoms with van der Waals surface area (Å²) in [6, 6.07) is 0.145. The van der Waals surface area contributed by atoms with Crippen molar-refractivity contribution in [2.75, 3.05) is 13.2 Å². The molecule has 15 heavy (non-hydrogen) atoms. The predicted octanol–water partition coefficient (Wildman–Crippen LogP) is 1.59. The highest BCUT2D eigenvalue weighted by atomic mass is 16.6. The Morgan fingerprint density at radius 2 is 2.33 bits per heavy atom. The molecule has 1 saturated heterocycles. The number of amides is 1. The average molecular weight is 211 g/mol. The summed E-state index contributed by atoms with van der Waals surface area (Å²) >= 11 is 0. The number of likely N-dealkylation sites (tertiary alicyclic amines) is 1. The number of hydrogen-bond acceptors (Lipinski definition) is 3. The number of ether oxygens (including phenoxy) is 1. The molecule has 1 aliphatic carbocycles. The van der Waals surface area contributed by atoms with Crippen molar-refractivity contribution in [1.82, 2.24) is 4.90 Å². The van der Waals surface area contributed by atoms with Gasteiger partial charge >= 0.3 is 6.09 Å². The van der Waals surface area contributed by atoms with Gasteiger partial charge in [0.15, 0.2) is 0 Å². The fourth-order valence-electron chi connectivity index (χ4n) is 2.31. The third kappa shape index (κ3) is 1.98. The molecule has 0 unspecified atom stereocenters. The minimum Gasteiger partial charge on any atom is -0.449 e. The Hall–Kier alpha value is -1.06. The van der Waals surface area contributed by atoms with E-state index in [1.54, 1.807) is 4.90 Å². The Morgan fingerprint density at radius 3 is 3.00 bits per heavy atom. The first-order valence-electron chi connectivity index (χ1n) is 5.67. The standard InChI is InChI=1S/C11H17NO3/c1-2-3-4-15-11(14)12-7-8-5-9(13)6-10(8)12/h8,10H,2-7H2,1H3/t8-,10-/m1/s1. The molecule has 2 aliphatic rings. The van der Waals surface area contributed by atoms with Crippen molar-refractivity contribution in [2.45, 2.75) is 38.6 Å². The second-order valence-electron chi connectivity index (χ2n) is 4.39. The summed E-state index contributed by atoms with van der Waals surface area (Å²) in [5, 5.41) is 0. The fourth-order valence-corrected chi connectivity index (χ4v) is 2.31. The second-order valence-corrected chi connectivity index (χ2v) is 4.39. The van der Waals surface area contributed by atoms with E-state index in [9.17, 15) is 9.59 Å². The van der Waals surface area contributed by atoms with Gasteiger partial charge in [-0.05, 0) is 6.42 Å². The van der Waals surface area contributed by atoms with Crippen LogP contribution in [0.15, 0.2) is 0 Å². The molecule has 4 heteroatoms. The van der Waals surface area contributed by atoms with E-state index >= 15 is 0 Å². The minimum absolute atomic E-state index is 0.145. The lowest BCUT2D eigenvalue weighted by Crippen LogP contribution is -2.56. The zero-order valence-corrected chi connectivity index (χ0v) is 9.07. The van der Waals surface area contributed by atoms with Crippen LogP contribution >= 0.6 is 0 Å². The van der Waals surface area contributed by atoms with E-state index in [1.165, 1.54) is 0 Å². The molecule has 2 fully saturated rings. The second kappa shape index (κ2) is 4.21. The van der Waals surface area contributed by atoms with Crippen molar-refractivity contribution < 1.29 is 14.3 Å². The Kier molecular flexibility index (Phi) is 2.93. The molecule has 0 aromatic rings. The van der Waals surface area contributed by atoms with Crippen LogP contribution in [-0.2, 0) is 9.53 Å².